The summed E-state index contributed by atoms with van der Waals surface area (Å²) in [6.45, 7) is 5.49. The van der Waals surface area contributed by atoms with Crippen LogP contribution in [0.4, 0.5) is 16.2 Å². The fourth-order valence-electron chi connectivity index (χ4n) is 4.88. The van der Waals surface area contributed by atoms with Crippen molar-refractivity contribution in [1.29, 1.82) is 0 Å². The number of piperazine rings is 1. The highest BCUT2D eigenvalue weighted by Gasteiger charge is 2.42. The fraction of sp³-hybridized carbons (Fsp3) is 0.478. The Morgan fingerprint density at radius 3 is 2.38 bits per heavy atom. The lowest BCUT2D eigenvalue weighted by Crippen LogP contribution is -2.44. The maximum absolute atomic E-state index is 13.3. The zero-order valence-electron chi connectivity index (χ0n) is 17.8. The van der Waals surface area contributed by atoms with Crippen molar-refractivity contribution in [2.75, 3.05) is 49.1 Å². The molecule has 2 unspecified atom stereocenters. The number of aromatic nitrogens is 4. The van der Waals surface area contributed by atoms with Crippen LogP contribution in [0.1, 0.15) is 42.4 Å². The van der Waals surface area contributed by atoms with Crippen LogP contribution in [-0.2, 0) is 0 Å². The van der Waals surface area contributed by atoms with Crippen molar-refractivity contribution in [1.82, 2.24) is 25.3 Å². The predicted molar refractivity (Wildman–Crippen MR) is 123 cm³/mol. The van der Waals surface area contributed by atoms with E-state index in [0.29, 0.717) is 22.3 Å². The highest BCUT2D eigenvalue weighted by Crippen LogP contribution is 2.55. The third-order valence-electron chi connectivity index (χ3n) is 6.73. The van der Waals surface area contributed by atoms with Crippen LogP contribution in [0.2, 0.25) is 5.15 Å². The number of nitrogens with zero attached hydrogens (tertiary/aromatic N) is 6. The first-order valence-corrected chi connectivity index (χ1v) is 11.8. The maximum atomic E-state index is 13.3. The minimum absolute atomic E-state index is 0.178. The van der Waals surface area contributed by atoms with Gasteiger partial charge in [-0.1, -0.05) is 23.7 Å². The second-order valence-corrected chi connectivity index (χ2v) is 9.21. The Morgan fingerprint density at radius 1 is 0.875 bits per heavy atom. The van der Waals surface area contributed by atoms with Crippen LogP contribution in [0.3, 0.4) is 0 Å². The quantitative estimate of drug-likeness (QED) is 0.648. The van der Waals surface area contributed by atoms with Gasteiger partial charge in [0.2, 0.25) is 5.95 Å². The Labute approximate surface area is 191 Å². The van der Waals surface area contributed by atoms with Gasteiger partial charge in [-0.2, -0.15) is 9.97 Å². The number of benzene rings is 1. The van der Waals surface area contributed by atoms with Crippen molar-refractivity contribution >= 4 is 34.5 Å². The van der Waals surface area contributed by atoms with Gasteiger partial charge < -0.3 is 15.1 Å². The second-order valence-electron chi connectivity index (χ2n) is 8.85. The summed E-state index contributed by atoms with van der Waals surface area (Å²) < 4.78 is 13.3. The van der Waals surface area contributed by atoms with E-state index in [-0.39, 0.29) is 17.7 Å². The lowest BCUT2D eigenvalue weighted by atomic mass is 10.1. The Morgan fingerprint density at radius 2 is 1.62 bits per heavy atom. The van der Waals surface area contributed by atoms with Crippen molar-refractivity contribution in [3.8, 4) is 0 Å². The van der Waals surface area contributed by atoms with Crippen LogP contribution < -0.4 is 15.1 Å². The highest BCUT2D eigenvalue weighted by molar-refractivity contribution is 6.30. The van der Waals surface area contributed by atoms with Gasteiger partial charge in [0.15, 0.2) is 22.1 Å². The molecule has 1 N–H and O–H groups in total. The molecule has 4 heterocycles. The normalized spacial score (nSPS) is 23.2. The molecule has 9 heteroatoms. The third kappa shape index (κ3) is 3.65. The molecule has 2 aromatic heterocycles. The maximum Gasteiger partial charge on any atom is 0.229 e. The first-order chi connectivity index (χ1) is 15.7. The van der Waals surface area contributed by atoms with Crippen LogP contribution in [0.5, 0.6) is 0 Å². The van der Waals surface area contributed by atoms with E-state index in [9.17, 15) is 4.39 Å². The number of hydrogen-bond donors (Lipinski definition) is 1. The molecule has 2 aliphatic heterocycles. The van der Waals surface area contributed by atoms with Crippen molar-refractivity contribution < 1.29 is 4.39 Å². The average molecular weight is 454 g/mol. The van der Waals surface area contributed by atoms with E-state index in [0.717, 1.165) is 75.6 Å². The Balaban J connectivity index is 1.40. The molecule has 1 aliphatic carbocycles. The lowest BCUT2D eigenvalue weighted by molar-refractivity contribution is 0.580. The van der Waals surface area contributed by atoms with Crippen LogP contribution in [0.25, 0.3) is 11.2 Å². The number of rotatable bonds is 4. The molecule has 7 nitrogen and oxygen atoms in total. The van der Waals surface area contributed by atoms with E-state index >= 15 is 0 Å². The molecule has 0 bridgehead atoms. The van der Waals surface area contributed by atoms with E-state index in [4.69, 9.17) is 31.5 Å². The summed E-state index contributed by atoms with van der Waals surface area (Å²) in [4.78, 5) is 23.9. The summed E-state index contributed by atoms with van der Waals surface area (Å²) in [5.74, 6) is 1.80. The summed E-state index contributed by atoms with van der Waals surface area (Å²) in [6.07, 6.45) is 3.23. The van der Waals surface area contributed by atoms with Crippen LogP contribution in [0, 0.1) is 5.82 Å². The smallest absolute Gasteiger partial charge is 0.229 e. The van der Waals surface area contributed by atoms with Gasteiger partial charge in [-0.3, -0.25) is 0 Å². The van der Waals surface area contributed by atoms with Gasteiger partial charge in [0.05, 0.1) is 5.69 Å². The number of nitrogens with one attached hydrogen (secondary N) is 1. The van der Waals surface area contributed by atoms with Crippen molar-refractivity contribution in [3.05, 3.63) is 46.5 Å². The number of anilines is 2. The largest absolute Gasteiger partial charge is 0.355 e. The topological polar surface area (TPSA) is 70.1 Å². The molecule has 1 aromatic carbocycles. The molecular formula is C23H25ClFN7. The van der Waals surface area contributed by atoms with Gasteiger partial charge in [-0.15, -0.1) is 0 Å². The number of fused-ring (bicyclic) bond motifs is 1. The molecule has 2 atom stereocenters. The van der Waals surface area contributed by atoms with Crippen molar-refractivity contribution in [3.63, 3.8) is 0 Å². The van der Waals surface area contributed by atoms with Gasteiger partial charge in [0.1, 0.15) is 5.82 Å². The average Bonchev–Trinajstić information content (AvgIpc) is 3.42. The molecule has 0 radical (unpaired) electrons. The molecule has 3 aliphatic rings. The fourth-order valence-corrected chi connectivity index (χ4v) is 5.15. The van der Waals surface area contributed by atoms with Gasteiger partial charge in [-0.05, 0) is 42.9 Å². The SMILES string of the molecule is Fc1ccc(C2CC2c2nc3nc(N4CCNCC4)nc(N4CCCC4)c3nc2Cl)cc1. The molecule has 32 heavy (non-hydrogen) atoms. The summed E-state index contributed by atoms with van der Waals surface area (Å²) >= 11 is 6.66. The molecular weight excluding hydrogens is 429 g/mol. The first kappa shape index (κ1) is 20.1. The van der Waals surface area contributed by atoms with Gasteiger partial charge in [0, 0.05) is 45.2 Å². The standard InChI is InChI=1S/C23H25ClFN7/c24-20-18(17-13-16(17)14-3-5-15(25)6-4-14)28-21-19(27-20)22(31-9-1-2-10-31)30-23(29-21)32-11-7-26-8-12-32/h3-6,16-17,26H,1-2,7-13H2. The van der Waals surface area contributed by atoms with Gasteiger partial charge >= 0.3 is 0 Å². The van der Waals surface area contributed by atoms with Crippen LogP contribution in [0.15, 0.2) is 24.3 Å². The zero-order chi connectivity index (χ0) is 21.7. The molecule has 0 amide bonds. The molecule has 2 saturated heterocycles. The Bertz CT molecular complexity index is 1140. The highest BCUT2D eigenvalue weighted by atomic mass is 35.5. The summed E-state index contributed by atoms with van der Waals surface area (Å²) in [5.41, 5.74) is 3.18. The minimum Gasteiger partial charge on any atom is -0.355 e. The molecule has 166 valence electrons. The van der Waals surface area contributed by atoms with Gasteiger partial charge in [0.25, 0.3) is 0 Å². The lowest BCUT2D eigenvalue weighted by Gasteiger charge is -2.28. The van der Waals surface area contributed by atoms with E-state index in [1.807, 2.05) is 12.1 Å². The Kier molecular flexibility index (Phi) is 5.07. The van der Waals surface area contributed by atoms with Crippen LogP contribution >= 0.6 is 11.6 Å². The molecule has 3 aromatic rings. The van der Waals surface area contributed by atoms with Crippen LogP contribution in [-0.4, -0.2) is 59.2 Å². The minimum atomic E-state index is -0.221. The second kappa shape index (κ2) is 8.08. The first-order valence-electron chi connectivity index (χ1n) is 11.4. The zero-order valence-corrected chi connectivity index (χ0v) is 18.5. The molecule has 6 rings (SSSR count). The monoisotopic (exact) mass is 453 g/mol. The number of halogens is 2. The van der Waals surface area contributed by atoms with E-state index in [1.165, 1.54) is 12.1 Å². The summed E-state index contributed by atoms with van der Waals surface area (Å²) in [6, 6.07) is 6.71. The molecule has 3 fully saturated rings. The Hall–Kier alpha value is -2.58. The van der Waals surface area contributed by atoms with E-state index in [2.05, 4.69) is 15.1 Å². The van der Waals surface area contributed by atoms with Crippen molar-refractivity contribution in [2.24, 2.45) is 0 Å². The van der Waals surface area contributed by atoms with Crippen molar-refractivity contribution in [2.45, 2.75) is 31.1 Å². The molecule has 1 saturated carbocycles. The van der Waals surface area contributed by atoms with Gasteiger partial charge in [-0.25, -0.2) is 14.4 Å². The predicted octanol–water partition coefficient (Wildman–Crippen LogP) is 3.49. The summed E-state index contributed by atoms with van der Waals surface area (Å²) in [5, 5.41) is 3.80. The molecule has 0 spiro atoms. The van der Waals surface area contributed by atoms with E-state index < -0.39 is 0 Å². The summed E-state index contributed by atoms with van der Waals surface area (Å²) in [7, 11) is 0. The number of hydrogen-bond acceptors (Lipinski definition) is 7. The third-order valence-corrected chi connectivity index (χ3v) is 7.01. The van der Waals surface area contributed by atoms with E-state index in [1.54, 1.807) is 0 Å².